The van der Waals surface area contributed by atoms with E-state index < -0.39 is 17.3 Å². The van der Waals surface area contributed by atoms with Gasteiger partial charge in [-0.3, -0.25) is 0 Å². The van der Waals surface area contributed by atoms with Crippen molar-refractivity contribution in [3.63, 3.8) is 0 Å². The van der Waals surface area contributed by atoms with Gasteiger partial charge in [-0.2, -0.15) is 4.99 Å². The predicted octanol–water partition coefficient (Wildman–Crippen LogP) is 5.84. The molecule has 2 aromatic rings. The fourth-order valence-corrected chi connectivity index (χ4v) is 2.99. The van der Waals surface area contributed by atoms with Crippen molar-refractivity contribution in [3.05, 3.63) is 69.8 Å². The third-order valence-electron chi connectivity index (χ3n) is 4.02. The highest BCUT2D eigenvalue weighted by atomic mass is 32.1. The highest BCUT2D eigenvalue weighted by Gasteiger charge is 2.12. The Kier molecular flexibility index (Phi) is 5.19. The van der Waals surface area contributed by atoms with Crippen LogP contribution in [0.15, 0.2) is 40.9 Å². The van der Waals surface area contributed by atoms with Gasteiger partial charge in [0.25, 0.3) is 0 Å². The Bertz CT molecular complexity index is 950. The maximum Gasteiger partial charge on any atom is 0.153 e. The molecule has 0 amide bonds. The van der Waals surface area contributed by atoms with E-state index in [0.29, 0.717) is 0 Å². The second-order valence-corrected chi connectivity index (χ2v) is 6.07. The van der Waals surface area contributed by atoms with E-state index in [1.165, 1.54) is 16.7 Å². The lowest BCUT2D eigenvalue weighted by Gasteiger charge is -2.00. The number of hydrogen-bond acceptors (Lipinski definition) is 2. The molecule has 0 heterocycles. The Morgan fingerprint density at radius 3 is 2.48 bits per heavy atom. The predicted molar refractivity (Wildman–Crippen MR) is 100 cm³/mol. The van der Waals surface area contributed by atoms with Gasteiger partial charge in [0.15, 0.2) is 11.6 Å². The third kappa shape index (κ3) is 3.91. The number of isothiocyanates is 1. The molecule has 0 saturated carbocycles. The van der Waals surface area contributed by atoms with E-state index in [4.69, 9.17) is 0 Å². The fourth-order valence-electron chi connectivity index (χ4n) is 2.90. The van der Waals surface area contributed by atoms with Gasteiger partial charge in [-0.25, -0.2) is 8.78 Å². The molecular formula is C21H15F2NS. The Balaban J connectivity index is 1.88. The zero-order valence-electron chi connectivity index (χ0n) is 13.7. The lowest BCUT2D eigenvalue weighted by molar-refractivity contribution is 0.587. The molecule has 25 heavy (non-hydrogen) atoms. The number of rotatable bonds is 3. The number of hydrogen-bond donors (Lipinski definition) is 0. The van der Waals surface area contributed by atoms with E-state index in [9.17, 15) is 8.78 Å². The zero-order chi connectivity index (χ0) is 17.8. The summed E-state index contributed by atoms with van der Waals surface area (Å²) >= 11 is 4.38. The summed E-state index contributed by atoms with van der Waals surface area (Å²) in [6.07, 6.45) is 5.44. The monoisotopic (exact) mass is 351 g/mol. The van der Waals surface area contributed by atoms with Gasteiger partial charge in [0.2, 0.25) is 0 Å². The van der Waals surface area contributed by atoms with E-state index in [0.717, 1.165) is 37.0 Å². The average molecular weight is 351 g/mol. The summed E-state index contributed by atoms with van der Waals surface area (Å²) in [5.41, 5.74) is 4.54. The number of halogens is 2. The van der Waals surface area contributed by atoms with E-state index in [1.54, 1.807) is 0 Å². The van der Waals surface area contributed by atoms with Gasteiger partial charge in [-0.05, 0) is 60.5 Å². The van der Waals surface area contributed by atoms with Crippen molar-refractivity contribution in [3.8, 4) is 11.8 Å². The minimum absolute atomic E-state index is 0.251. The average Bonchev–Trinajstić information content (AvgIpc) is 2.98. The van der Waals surface area contributed by atoms with Crippen molar-refractivity contribution < 1.29 is 8.78 Å². The minimum atomic E-state index is -0.803. The topological polar surface area (TPSA) is 12.4 Å². The fraction of sp³-hybridized carbons (Fsp3) is 0.190. The smallest absolute Gasteiger partial charge is 0.153 e. The molecule has 0 spiro atoms. The van der Waals surface area contributed by atoms with E-state index in [1.807, 2.05) is 17.3 Å². The van der Waals surface area contributed by atoms with Crippen LogP contribution in [-0.4, -0.2) is 5.16 Å². The van der Waals surface area contributed by atoms with Crippen molar-refractivity contribution in [2.24, 2.45) is 4.99 Å². The molecule has 0 saturated heterocycles. The SMILES string of the molecule is CCCC1=Cc2cc(C#Cc3cc(F)c(N=C=S)c(F)c3)ccc2C1. The van der Waals surface area contributed by atoms with Crippen molar-refractivity contribution in [1.29, 1.82) is 0 Å². The molecule has 0 N–H and O–H groups in total. The number of aliphatic imine (C=N–C) groups is 1. The normalized spacial score (nSPS) is 11.9. The van der Waals surface area contributed by atoms with E-state index in [2.05, 4.69) is 48.1 Å². The van der Waals surface area contributed by atoms with Crippen LogP contribution in [0.5, 0.6) is 0 Å². The van der Waals surface area contributed by atoms with Gasteiger partial charge >= 0.3 is 0 Å². The molecule has 3 rings (SSSR count). The molecule has 4 heteroatoms. The van der Waals surface area contributed by atoms with E-state index >= 15 is 0 Å². The first-order chi connectivity index (χ1) is 12.1. The van der Waals surface area contributed by atoms with Gasteiger partial charge in [0.1, 0.15) is 5.69 Å². The first kappa shape index (κ1) is 17.2. The standard InChI is InChI=1S/C21H15F2NS/c1-2-3-15-9-17-7-6-14(8-18(17)10-15)4-5-16-11-19(22)21(24-13-25)20(23)12-16/h6-8,10-12H,2-3,9H2,1H3. The van der Waals surface area contributed by atoms with Crippen LogP contribution >= 0.6 is 12.2 Å². The summed E-state index contributed by atoms with van der Waals surface area (Å²) in [6.45, 7) is 2.17. The number of thiocarbonyl (C=S) groups is 1. The molecule has 0 aromatic heterocycles. The Morgan fingerprint density at radius 1 is 1.08 bits per heavy atom. The van der Waals surface area contributed by atoms with Crippen molar-refractivity contribution in [2.45, 2.75) is 26.2 Å². The van der Waals surface area contributed by atoms with Crippen LogP contribution in [0, 0.1) is 23.5 Å². The Labute approximate surface area is 151 Å². The second kappa shape index (κ2) is 7.53. The van der Waals surface area contributed by atoms with Crippen LogP contribution < -0.4 is 0 Å². The van der Waals surface area contributed by atoms with Gasteiger partial charge in [-0.15, -0.1) is 0 Å². The molecule has 0 unspecified atom stereocenters. The molecule has 0 atom stereocenters. The highest BCUT2D eigenvalue weighted by molar-refractivity contribution is 7.78. The van der Waals surface area contributed by atoms with Gasteiger partial charge in [0, 0.05) is 11.1 Å². The first-order valence-corrected chi connectivity index (χ1v) is 8.43. The maximum atomic E-state index is 13.8. The molecule has 1 nitrogen and oxygen atoms in total. The van der Waals surface area contributed by atoms with Crippen LogP contribution in [0.25, 0.3) is 6.08 Å². The van der Waals surface area contributed by atoms with Gasteiger partial charge in [0.05, 0.1) is 5.16 Å². The number of fused-ring (bicyclic) bond motifs is 1. The summed E-state index contributed by atoms with van der Waals surface area (Å²) in [7, 11) is 0. The summed E-state index contributed by atoms with van der Waals surface area (Å²) < 4.78 is 27.6. The Hall–Kier alpha value is -2.60. The quantitative estimate of drug-likeness (QED) is 0.384. The van der Waals surface area contributed by atoms with Crippen LogP contribution in [0.4, 0.5) is 14.5 Å². The molecule has 0 radical (unpaired) electrons. The van der Waals surface area contributed by atoms with Crippen molar-refractivity contribution in [1.82, 2.24) is 0 Å². The number of benzene rings is 2. The molecule has 124 valence electrons. The molecule has 1 aliphatic rings. The van der Waals surface area contributed by atoms with Crippen LogP contribution in [0.2, 0.25) is 0 Å². The maximum absolute atomic E-state index is 13.8. The highest BCUT2D eigenvalue weighted by Crippen LogP contribution is 2.28. The van der Waals surface area contributed by atoms with Gasteiger partial charge in [-0.1, -0.05) is 42.9 Å². The van der Waals surface area contributed by atoms with Crippen molar-refractivity contribution in [2.75, 3.05) is 0 Å². The molecule has 0 bridgehead atoms. The second-order valence-electron chi connectivity index (χ2n) is 5.88. The summed E-state index contributed by atoms with van der Waals surface area (Å²) in [5.74, 6) is 4.16. The minimum Gasteiger partial charge on any atom is -0.204 e. The summed E-state index contributed by atoms with van der Waals surface area (Å²) in [6, 6.07) is 8.31. The van der Waals surface area contributed by atoms with Crippen LogP contribution in [0.1, 0.15) is 42.0 Å². The molecule has 2 aromatic carbocycles. The van der Waals surface area contributed by atoms with Gasteiger partial charge < -0.3 is 0 Å². The van der Waals surface area contributed by atoms with Crippen LogP contribution in [0.3, 0.4) is 0 Å². The third-order valence-corrected chi connectivity index (χ3v) is 4.11. The van der Waals surface area contributed by atoms with E-state index in [-0.39, 0.29) is 5.56 Å². The van der Waals surface area contributed by atoms with Crippen molar-refractivity contribution >= 4 is 29.1 Å². The Morgan fingerprint density at radius 2 is 1.80 bits per heavy atom. The molecule has 0 aliphatic heterocycles. The number of nitrogens with zero attached hydrogens (tertiary/aromatic N) is 1. The first-order valence-electron chi connectivity index (χ1n) is 8.02. The summed E-state index contributed by atoms with van der Waals surface area (Å²) in [4.78, 5) is 3.39. The van der Waals surface area contributed by atoms with Crippen LogP contribution in [-0.2, 0) is 6.42 Å². The largest absolute Gasteiger partial charge is 0.204 e. The lowest BCUT2D eigenvalue weighted by atomic mass is 10.0. The number of allylic oxidation sites excluding steroid dienone is 1. The molecule has 1 aliphatic carbocycles. The zero-order valence-corrected chi connectivity index (χ0v) is 14.5. The molecular weight excluding hydrogens is 336 g/mol. The molecule has 0 fully saturated rings. The lowest BCUT2D eigenvalue weighted by Crippen LogP contribution is -1.87. The summed E-state index contributed by atoms with van der Waals surface area (Å²) in [5, 5.41) is 1.97.